The van der Waals surface area contributed by atoms with Gasteiger partial charge in [0.2, 0.25) is 0 Å². The molecule has 0 amide bonds. The molecule has 1 rings (SSSR count). The number of halogens is 1. The fraction of sp³-hybridized carbons (Fsp3) is 0.500. The van der Waals surface area contributed by atoms with Crippen molar-refractivity contribution < 1.29 is 9.13 Å². The van der Waals surface area contributed by atoms with Crippen LogP contribution in [-0.4, -0.2) is 26.8 Å². The number of benzene rings is 1. The topological polar surface area (TPSA) is 12.5 Å². The van der Waals surface area contributed by atoms with Crippen molar-refractivity contribution in [2.75, 3.05) is 31.7 Å². The second-order valence-electron chi connectivity index (χ2n) is 3.43. The summed E-state index contributed by atoms with van der Waals surface area (Å²) in [7, 11) is 1.66. The molecule has 0 spiro atoms. The Bertz CT molecular complexity index is 291. The van der Waals surface area contributed by atoms with Gasteiger partial charge in [0.15, 0.2) is 0 Å². The van der Waals surface area contributed by atoms with Gasteiger partial charge in [-0.25, -0.2) is 4.39 Å². The number of nitrogens with zero attached hydrogens (tertiary/aromatic N) is 1. The van der Waals surface area contributed by atoms with Gasteiger partial charge in [0.1, 0.15) is 5.82 Å². The summed E-state index contributed by atoms with van der Waals surface area (Å²) in [5.41, 5.74) is 0.663. The first kappa shape index (κ1) is 12.0. The summed E-state index contributed by atoms with van der Waals surface area (Å²) in [6.45, 7) is 4.28. The van der Waals surface area contributed by atoms with E-state index in [0.717, 1.165) is 19.5 Å². The predicted octanol–water partition coefficient (Wildman–Crippen LogP) is 2.69. The maximum Gasteiger partial charge on any atom is 0.146 e. The number of rotatable bonds is 6. The third-order valence-corrected chi connectivity index (χ3v) is 2.25. The number of hydrogen-bond acceptors (Lipinski definition) is 2. The largest absolute Gasteiger partial charge is 0.383 e. The molecule has 1 aromatic rings. The van der Waals surface area contributed by atoms with Gasteiger partial charge in [0.25, 0.3) is 0 Å². The fourth-order valence-electron chi connectivity index (χ4n) is 1.53. The Morgan fingerprint density at radius 1 is 1.27 bits per heavy atom. The molecular weight excluding hydrogens is 193 g/mol. The zero-order chi connectivity index (χ0) is 11.1. The summed E-state index contributed by atoms with van der Waals surface area (Å²) in [4.78, 5) is 2.01. The summed E-state index contributed by atoms with van der Waals surface area (Å²) >= 11 is 0. The number of anilines is 1. The van der Waals surface area contributed by atoms with Crippen LogP contribution < -0.4 is 4.90 Å². The van der Waals surface area contributed by atoms with Gasteiger partial charge in [0, 0.05) is 20.2 Å². The lowest BCUT2D eigenvalue weighted by atomic mass is 10.2. The molecule has 0 radical (unpaired) electrons. The Labute approximate surface area is 90.7 Å². The van der Waals surface area contributed by atoms with Crippen LogP contribution in [0, 0.1) is 5.82 Å². The molecule has 0 saturated heterocycles. The second kappa shape index (κ2) is 6.40. The Hall–Kier alpha value is -1.09. The van der Waals surface area contributed by atoms with E-state index in [0.29, 0.717) is 12.3 Å². The molecule has 3 heteroatoms. The summed E-state index contributed by atoms with van der Waals surface area (Å²) in [6.07, 6.45) is 0.998. The molecule has 0 aromatic heterocycles. The van der Waals surface area contributed by atoms with Gasteiger partial charge < -0.3 is 9.64 Å². The second-order valence-corrected chi connectivity index (χ2v) is 3.43. The number of para-hydroxylation sites is 1. The summed E-state index contributed by atoms with van der Waals surface area (Å²) in [6, 6.07) is 6.86. The molecule has 0 heterocycles. The fourth-order valence-corrected chi connectivity index (χ4v) is 1.53. The summed E-state index contributed by atoms with van der Waals surface area (Å²) in [5.74, 6) is -0.165. The standard InChI is InChI=1S/C12H18FNO/c1-3-8-14(9-10-15-2)12-7-5-4-6-11(12)13/h4-7H,3,8-10H2,1-2H3. The van der Waals surface area contributed by atoms with E-state index < -0.39 is 0 Å². The Morgan fingerprint density at radius 2 is 2.00 bits per heavy atom. The third kappa shape index (κ3) is 3.51. The third-order valence-electron chi connectivity index (χ3n) is 2.25. The average Bonchev–Trinajstić information content (AvgIpc) is 2.25. The number of methoxy groups -OCH3 is 1. The van der Waals surface area contributed by atoms with E-state index in [2.05, 4.69) is 6.92 Å². The first-order valence-electron chi connectivity index (χ1n) is 5.28. The zero-order valence-electron chi connectivity index (χ0n) is 9.37. The summed E-state index contributed by atoms with van der Waals surface area (Å²) in [5, 5.41) is 0. The van der Waals surface area contributed by atoms with E-state index in [1.165, 1.54) is 6.07 Å². The smallest absolute Gasteiger partial charge is 0.146 e. The molecule has 0 unspecified atom stereocenters. The van der Waals surface area contributed by atoms with Gasteiger partial charge in [-0.05, 0) is 18.6 Å². The first-order valence-corrected chi connectivity index (χ1v) is 5.28. The van der Waals surface area contributed by atoms with E-state index in [-0.39, 0.29) is 5.82 Å². The van der Waals surface area contributed by atoms with E-state index in [1.807, 2.05) is 11.0 Å². The molecular formula is C12H18FNO. The van der Waals surface area contributed by atoms with Gasteiger partial charge in [-0.15, -0.1) is 0 Å². The molecule has 0 N–H and O–H groups in total. The van der Waals surface area contributed by atoms with Crippen LogP contribution in [0.25, 0.3) is 0 Å². The molecule has 0 aliphatic rings. The van der Waals surface area contributed by atoms with Crippen LogP contribution in [0.2, 0.25) is 0 Å². The Balaban J connectivity index is 2.74. The molecule has 2 nitrogen and oxygen atoms in total. The van der Waals surface area contributed by atoms with Crippen molar-refractivity contribution in [3.63, 3.8) is 0 Å². The van der Waals surface area contributed by atoms with Crippen LogP contribution in [0.4, 0.5) is 10.1 Å². The van der Waals surface area contributed by atoms with Crippen LogP contribution in [-0.2, 0) is 4.74 Å². The molecule has 0 atom stereocenters. The van der Waals surface area contributed by atoms with Crippen molar-refractivity contribution >= 4 is 5.69 Å². The number of hydrogen-bond donors (Lipinski definition) is 0. The predicted molar refractivity (Wildman–Crippen MR) is 60.8 cm³/mol. The van der Waals surface area contributed by atoms with Crippen LogP contribution in [0.5, 0.6) is 0 Å². The molecule has 0 aliphatic carbocycles. The Morgan fingerprint density at radius 3 is 2.60 bits per heavy atom. The van der Waals surface area contributed by atoms with Crippen molar-refractivity contribution in [3.8, 4) is 0 Å². The molecule has 0 saturated carbocycles. The van der Waals surface area contributed by atoms with E-state index in [9.17, 15) is 4.39 Å². The minimum absolute atomic E-state index is 0.165. The first-order chi connectivity index (χ1) is 7.29. The lowest BCUT2D eigenvalue weighted by molar-refractivity contribution is 0.205. The average molecular weight is 211 g/mol. The monoisotopic (exact) mass is 211 g/mol. The quantitative estimate of drug-likeness (QED) is 0.717. The number of ether oxygens (including phenoxy) is 1. The minimum atomic E-state index is -0.165. The van der Waals surface area contributed by atoms with Crippen molar-refractivity contribution in [3.05, 3.63) is 30.1 Å². The molecule has 0 bridgehead atoms. The molecule has 1 aromatic carbocycles. The van der Waals surface area contributed by atoms with Crippen LogP contribution in [0.3, 0.4) is 0 Å². The SMILES string of the molecule is CCCN(CCOC)c1ccccc1F. The van der Waals surface area contributed by atoms with E-state index in [4.69, 9.17) is 4.74 Å². The van der Waals surface area contributed by atoms with Crippen LogP contribution in [0.15, 0.2) is 24.3 Å². The lowest BCUT2D eigenvalue weighted by Crippen LogP contribution is -2.28. The maximum atomic E-state index is 13.5. The van der Waals surface area contributed by atoms with Gasteiger partial charge in [-0.2, -0.15) is 0 Å². The molecule has 0 aliphatic heterocycles. The van der Waals surface area contributed by atoms with Crippen molar-refractivity contribution in [2.24, 2.45) is 0 Å². The van der Waals surface area contributed by atoms with Gasteiger partial charge in [-0.1, -0.05) is 19.1 Å². The highest BCUT2D eigenvalue weighted by atomic mass is 19.1. The minimum Gasteiger partial charge on any atom is -0.383 e. The van der Waals surface area contributed by atoms with Crippen molar-refractivity contribution in [1.82, 2.24) is 0 Å². The highest BCUT2D eigenvalue weighted by Gasteiger charge is 2.09. The molecule has 84 valence electrons. The van der Waals surface area contributed by atoms with Crippen molar-refractivity contribution in [2.45, 2.75) is 13.3 Å². The lowest BCUT2D eigenvalue weighted by Gasteiger charge is -2.24. The van der Waals surface area contributed by atoms with Crippen LogP contribution in [0.1, 0.15) is 13.3 Å². The maximum absolute atomic E-state index is 13.5. The Kier molecular flexibility index (Phi) is 5.12. The summed E-state index contributed by atoms with van der Waals surface area (Å²) < 4.78 is 18.5. The van der Waals surface area contributed by atoms with Gasteiger partial charge >= 0.3 is 0 Å². The zero-order valence-corrected chi connectivity index (χ0v) is 9.37. The van der Waals surface area contributed by atoms with E-state index in [1.54, 1.807) is 19.2 Å². The van der Waals surface area contributed by atoms with E-state index >= 15 is 0 Å². The van der Waals surface area contributed by atoms with Gasteiger partial charge in [0.05, 0.1) is 12.3 Å². The highest BCUT2D eigenvalue weighted by molar-refractivity contribution is 5.47. The molecule has 15 heavy (non-hydrogen) atoms. The highest BCUT2D eigenvalue weighted by Crippen LogP contribution is 2.18. The van der Waals surface area contributed by atoms with Crippen LogP contribution >= 0.6 is 0 Å². The molecule has 0 fully saturated rings. The normalized spacial score (nSPS) is 10.3. The van der Waals surface area contributed by atoms with Crippen molar-refractivity contribution in [1.29, 1.82) is 0 Å². The van der Waals surface area contributed by atoms with Gasteiger partial charge in [-0.3, -0.25) is 0 Å².